The summed E-state index contributed by atoms with van der Waals surface area (Å²) in [5, 5.41) is 18.6. The Hall–Kier alpha value is -2.12. The summed E-state index contributed by atoms with van der Waals surface area (Å²) in [4.78, 5) is 21.2. The molecule has 110 valence electrons. The first-order chi connectivity index (χ1) is 9.95. The van der Waals surface area contributed by atoms with Crippen molar-refractivity contribution in [3.63, 3.8) is 0 Å². The van der Waals surface area contributed by atoms with Crippen molar-refractivity contribution >= 4 is 45.2 Å². The molecule has 0 saturated carbocycles. The van der Waals surface area contributed by atoms with Crippen molar-refractivity contribution in [2.24, 2.45) is 0 Å². The van der Waals surface area contributed by atoms with E-state index in [0.717, 1.165) is 22.6 Å². The van der Waals surface area contributed by atoms with Gasteiger partial charge in [-0.2, -0.15) is 0 Å². The highest BCUT2D eigenvalue weighted by molar-refractivity contribution is 7.13. The van der Waals surface area contributed by atoms with Crippen LogP contribution in [-0.2, 0) is 11.3 Å². The van der Waals surface area contributed by atoms with Gasteiger partial charge in [-0.25, -0.2) is 0 Å². The van der Waals surface area contributed by atoms with Gasteiger partial charge in [0.05, 0.1) is 15.6 Å². The van der Waals surface area contributed by atoms with Crippen molar-refractivity contribution in [2.45, 2.75) is 13.5 Å². The number of anilines is 2. The topological polar surface area (TPSA) is 84.3 Å². The molecule has 0 unspecified atom stereocenters. The third kappa shape index (κ3) is 4.17. The summed E-state index contributed by atoms with van der Waals surface area (Å²) in [6.07, 6.45) is 0. The van der Waals surface area contributed by atoms with E-state index in [1.165, 1.54) is 13.0 Å². The Morgan fingerprint density at radius 3 is 2.76 bits per heavy atom. The molecule has 8 heteroatoms. The lowest BCUT2D eigenvalue weighted by molar-refractivity contribution is -0.380. The fraction of sp³-hybridized carbons (Fsp3) is 0.154. The van der Waals surface area contributed by atoms with Gasteiger partial charge < -0.3 is 10.6 Å². The molecule has 1 aromatic carbocycles. The third-order valence-electron chi connectivity index (χ3n) is 2.60. The maximum Gasteiger partial charge on any atom is 0.324 e. The number of thiophene rings is 1. The normalized spacial score (nSPS) is 10.2. The van der Waals surface area contributed by atoms with Crippen LogP contribution in [0.15, 0.2) is 29.6 Å². The van der Waals surface area contributed by atoms with Crippen LogP contribution in [0.4, 0.5) is 16.4 Å². The van der Waals surface area contributed by atoms with Crippen LogP contribution in [0.1, 0.15) is 12.5 Å². The molecule has 1 amide bonds. The van der Waals surface area contributed by atoms with E-state index in [1.54, 1.807) is 23.6 Å². The second kappa shape index (κ2) is 6.55. The van der Waals surface area contributed by atoms with E-state index in [0.29, 0.717) is 17.3 Å². The summed E-state index contributed by atoms with van der Waals surface area (Å²) in [5.41, 5.74) is 2.14. The summed E-state index contributed by atoms with van der Waals surface area (Å²) < 4.78 is 0. The van der Waals surface area contributed by atoms with Gasteiger partial charge in [0.25, 0.3) is 0 Å². The average molecular weight is 326 g/mol. The average Bonchev–Trinajstić information content (AvgIpc) is 2.88. The third-order valence-corrected chi connectivity index (χ3v) is 3.84. The molecule has 6 nitrogen and oxygen atoms in total. The summed E-state index contributed by atoms with van der Waals surface area (Å²) in [5.74, 6) is -0.191. The number of nitrogens with zero attached hydrogens (tertiary/aromatic N) is 1. The number of rotatable bonds is 5. The number of halogens is 1. The molecule has 0 atom stereocenters. The molecule has 1 heterocycles. The van der Waals surface area contributed by atoms with Crippen molar-refractivity contribution in [1.82, 2.24) is 0 Å². The van der Waals surface area contributed by atoms with Crippen LogP contribution in [0, 0.1) is 10.1 Å². The Bertz CT molecular complexity index is 687. The molecule has 0 bridgehead atoms. The molecule has 0 radical (unpaired) electrons. The monoisotopic (exact) mass is 325 g/mol. The zero-order chi connectivity index (χ0) is 15.4. The molecular weight excluding hydrogens is 314 g/mol. The fourth-order valence-corrected chi connectivity index (χ4v) is 2.63. The lowest BCUT2D eigenvalue weighted by atomic mass is 10.2. The highest BCUT2D eigenvalue weighted by atomic mass is 35.5. The lowest BCUT2D eigenvalue weighted by Crippen LogP contribution is -2.06. The zero-order valence-corrected chi connectivity index (χ0v) is 12.6. The van der Waals surface area contributed by atoms with Crippen LogP contribution >= 0.6 is 22.9 Å². The number of hydrogen-bond acceptors (Lipinski definition) is 5. The van der Waals surface area contributed by atoms with Crippen molar-refractivity contribution in [1.29, 1.82) is 0 Å². The molecule has 0 aliphatic carbocycles. The number of nitro groups is 1. The molecule has 2 N–H and O–H groups in total. The fourth-order valence-electron chi connectivity index (χ4n) is 1.67. The Kier molecular flexibility index (Phi) is 4.77. The minimum atomic E-state index is -0.409. The number of carbonyl (C=O) groups excluding carboxylic acids is 1. The van der Waals surface area contributed by atoms with Crippen molar-refractivity contribution in [3.8, 4) is 0 Å². The second-order valence-corrected chi connectivity index (χ2v) is 5.58. The predicted octanol–water partition coefficient (Wildman–Crippen LogP) is 3.88. The van der Waals surface area contributed by atoms with Crippen molar-refractivity contribution in [3.05, 3.63) is 50.3 Å². The highest BCUT2D eigenvalue weighted by Gasteiger charge is 2.09. The van der Waals surface area contributed by atoms with Crippen LogP contribution in [0.2, 0.25) is 5.02 Å². The van der Waals surface area contributed by atoms with E-state index in [9.17, 15) is 14.9 Å². The summed E-state index contributed by atoms with van der Waals surface area (Å²) in [6.45, 7) is 1.87. The molecule has 1 aromatic heterocycles. The van der Waals surface area contributed by atoms with E-state index < -0.39 is 4.92 Å². The van der Waals surface area contributed by atoms with Gasteiger partial charge in [0.2, 0.25) is 5.91 Å². The first kappa shape index (κ1) is 15.3. The van der Waals surface area contributed by atoms with Crippen LogP contribution in [-0.4, -0.2) is 10.8 Å². The van der Waals surface area contributed by atoms with E-state index in [2.05, 4.69) is 10.6 Å². The number of amides is 1. The Morgan fingerprint density at radius 2 is 2.19 bits per heavy atom. The first-order valence-electron chi connectivity index (χ1n) is 5.98. The smallest absolute Gasteiger partial charge is 0.324 e. The lowest BCUT2D eigenvalue weighted by Gasteiger charge is -2.09. The summed E-state index contributed by atoms with van der Waals surface area (Å²) in [6, 6.07) is 6.69. The Morgan fingerprint density at radius 1 is 1.43 bits per heavy atom. The minimum absolute atomic E-state index is 0.117. The van der Waals surface area contributed by atoms with Gasteiger partial charge in [0, 0.05) is 30.6 Å². The van der Waals surface area contributed by atoms with Crippen molar-refractivity contribution < 1.29 is 9.72 Å². The van der Waals surface area contributed by atoms with Gasteiger partial charge >= 0.3 is 5.00 Å². The maximum absolute atomic E-state index is 11.0. The summed E-state index contributed by atoms with van der Waals surface area (Å²) in [7, 11) is 0. The quantitative estimate of drug-likeness (QED) is 0.645. The molecule has 2 rings (SSSR count). The van der Waals surface area contributed by atoms with Gasteiger partial charge in [0.15, 0.2) is 0 Å². The number of hydrogen-bond donors (Lipinski definition) is 2. The van der Waals surface area contributed by atoms with E-state index >= 15 is 0 Å². The van der Waals surface area contributed by atoms with E-state index in [-0.39, 0.29) is 10.9 Å². The highest BCUT2D eigenvalue weighted by Crippen LogP contribution is 2.27. The molecule has 2 aromatic rings. The summed E-state index contributed by atoms with van der Waals surface area (Å²) >= 11 is 7.15. The molecule has 0 saturated heterocycles. The zero-order valence-electron chi connectivity index (χ0n) is 11.1. The van der Waals surface area contributed by atoms with Gasteiger partial charge in [-0.15, -0.1) is 0 Å². The predicted molar refractivity (Wildman–Crippen MR) is 84.1 cm³/mol. The van der Waals surface area contributed by atoms with Crippen LogP contribution < -0.4 is 10.6 Å². The first-order valence-corrected chi connectivity index (χ1v) is 7.24. The van der Waals surface area contributed by atoms with Gasteiger partial charge in [-0.1, -0.05) is 22.9 Å². The molecule has 0 fully saturated rings. The second-order valence-electron chi connectivity index (χ2n) is 4.28. The minimum Gasteiger partial charge on any atom is -0.381 e. The molecule has 21 heavy (non-hydrogen) atoms. The Labute approximate surface area is 129 Å². The number of carbonyl (C=O) groups is 1. The van der Waals surface area contributed by atoms with Crippen LogP contribution in [0.5, 0.6) is 0 Å². The SMILES string of the molecule is CC(=O)Nc1ccc(NCc2csc([N+](=O)[O-])c2)cc1Cl. The van der Waals surface area contributed by atoms with E-state index in [1.807, 2.05) is 0 Å². The van der Waals surface area contributed by atoms with Crippen LogP contribution in [0.3, 0.4) is 0 Å². The molecule has 0 aliphatic heterocycles. The molecule has 0 spiro atoms. The van der Waals surface area contributed by atoms with Gasteiger partial charge in [-0.05, 0) is 23.8 Å². The van der Waals surface area contributed by atoms with Crippen LogP contribution in [0.25, 0.3) is 0 Å². The number of benzene rings is 1. The maximum atomic E-state index is 11.0. The van der Waals surface area contributed by atoms with Gasteiger partial charge in [-0.3, -0.25) is 14.9 Å². The van der Waals surface area contributed by atoms with E-state index in [4.69, 9.17) is 11.6 Å². The van der Waals surface area contributed by atoms with Gasteiger partial charge in [0.1, 0.15) is 0 Å². The largest absolute Gasteiger partial charge is 0.381 e. The Balaban J connectivity index is 2.01. The molecule has 0 aliphatic rings. The number of nitrogens with one attached hydrogen (secondary N) is 2. The standard InChI is InChI=1S/C13H12ClN3O3S/c1-8(18)16-12-3-2-10(5-11(12)14)15-6-9-4-13(17(19)20)21-7-9/h2-5,7,15H,6H2,1H3,(H,16,18). The molecular formula is C13H12ClN3O3S. The van der Waals surface area contributed by atoms with Crippen molar-refractivity contribution in [2.75, 3.05) is 10.6 Å².